The van der Waals surface area contributed by atoms with Gasteiger partial charge < -0.3 is 10.3 Å². The van der Waals surface area contributed by atoms with E-state index in [2.05, 4.69) is 15.1 Å². The number of rotatable bonds is 3. The summed E-state index contributed by atoms with van der Waals surface area (Å²) in [4.78, 5) is 8.28. The summed E-state index contributed by atoms with van der Waals surface area (Å²) in [7, 11) is 0. The summed E-state index contributed by atoms with van der Waals surface area (Å²) in [5, 5.41) is 4.64. The monoisotopic (exact) mass is 286 g/mol. The molecule has 0 fully saturated rings. The highest BCUT2D eigenvalue weighted by atomic mass is 35.5. The minimum absolute atomic E-state index is 0.201. The Labute approximate surface area is 114 Å². The summed E-state index contributed by atoms with van der Waals surface area (Å²) in [5.41, 5.74) is 6.34. The largest absolute Gasteiger partial charge is 0.337 e. The van der Waals surface area contributed by atoms with Crippen LogP contribution in [0.1, 0.15) is 25.8 Å². The van der Waals surface area contributed by atoms with Gasteiger partial charge >= 0.3 is 0 Å². The Balaban J connectivity index is 2.35. The molecule has 0 bridgehead atoms. The summed E-state index contributed by atoms with van der Waals surface area (Å²) >= 11 is 11.8. The molecule has 96 valence electrons. The molecule has 1 atom stereocenters. The molecule has 0 unspecified atom stereocenters. The molecule has 0 saturated heterocycles. The lowest BCUT2D eigenvalue weighted by molar-refractivity contribution is 0.325. The first-order chi connectivity index (χ1) is 8.49. The zero-order valence-corrected chi connectivity index (χ0v) is 11.4. The molecule has 0 amide bonds. The molecule has 2 rings (SSSR count). The van der Waals surface area contributed by atoms with Crippen molar-refractivity contribution in [2.75, 3.05) is 0 Å². The SMILES string of the molecule is CC(C)[C@@H](N)c1nc(-c2ncc(Cl)cc2Cl)no1. The molecular formula is C11H12Cl2N4O. The van der Waals surface area contributed by atoms with Gasteiger partial charge in [0.2, 0.25) is 11.7 Å². The Bertz CT molecular complexity index is 556. The zero-order valence-electron chi connectivity index (χ0n) is 9.89. The first-order valence-corrected chi connectivity index (χ1v) is 6.15. The second kappa shape index (κ2) is 5.22. The molecule has 2 heterocycles. The van der Waals surface area contributed by atoms with Crippen LogP contribution < -0.4 is 5.73 Å². The van der Waals surface area contributed by atoms with Gasteiger partial charge in [-0.25, -0.2) is 4.98 Å². The highest BCUT2D eigenvalue weighted by Crippen LogP contribution is 2.27. The molecule has 2 aromatic heterocycles. The molecule has 7 heteroatoms. The average molecular weight is 287 g/mol. The highest BCUT2D eigenvalue weighted by molar-refractivity contribution is 6.35. The van der Waals surface area contributed by atoms with Crippen LogP contribution in [0.2, 0.25) is 10.0 Å². The molecule has 2 N–H and O–H groups in total. The van der Waals surface area contributed by atoms with E-state index in [0.29, 0.717) is 27.5 Å². The van der Waals surface area contributed by atoms with Crippen LogP contribution >= 0.6 is 23.2 Å². The Kier molecular flexibility index (Phi) is 3.85. The second-order valence-electron chi connectivity index (χ2n) is 4.21. The van der Waals surface area contributed by atoms with Crippen LogP contribution in [0.25, 0.3) is 11.5 Å². The van der Waals surface area contributed by atoms with Crippen molar-refractivity contribution in [3.05, 3.63) is 28.2 Å². The Morgan fingerprint density at radius 3 is 2.67 bits per heavy atom. The van der Waals surface area contributed by atoms with Gasteiger partial charge in [-0.05, 0) is 12.0 Å². The molecule has 0 aromatic carbocycles. The fourth-order valence-electron chi connectivity index (χ4n) is 1.33. The lowest BCUT2D eigenvalue weighted by Gasteiger charge is -2.09. The first kappa shape index (κ1) is 13.3. The zero-order chi connectivity index (χ0) is 13.3. The van der Waals surface area contributed by atoms with E-state index < -0.39 is 0 Å². The van der Waals surface area contributed by atoms with Crippen LogP contribution in [0.3, 0.4) is 0 Å². The molecule has 0 saturated carbocycles. The average Bonchev–Trinajstić information content (AvgIpc) is 2.77. The maximum Gasteiger partial charge on any atom is 0.244 e. The number of nitrogens with zero attached hydrogens (tertiary/aromatic N) is 3. The van der Waals surface area contributed by atoms with Crippen molar-refractivity contribution in [3.8, 4) is 11.5 Å². The van der Waals surface area contributed by atoms with Gasteiger partial charge in [-0.2, -0.15) is 4.98 Å². The van der Waals surface area contributed by atoms with E-state index in [4.69, 9.17) is 33.5 Å². The fourth-order valence-corrected chi connectivity index (χ4v) is 1.80. The first-order valence-electron chi connectivity index (χ1n) is 5.39. The van der Waals surface area contributed by atoms with Crippen LogP contribution in [-0.4, -0.2) is 15.1 Å². The molecule has 2 aromatic rings. The van der Waals surface area contributed by atoms with Crippen LogP contribution in [0.5, 0.6) is 0 Å². The number of nitrogens with two attached hydrogens (primary N) is 1. The molecule has 0 aliphatic heterocycles. The van der Waals surface area contributed by atoms with Crippen molar-refractivity contribution in [1.82, 2.24) is 15.1 Å². The van der Waals surface area contributed by atoms with Crippen molar-refractivity contribution >= 4 is 23.2 Å². The summed E-state index contributed by atoms with van der Waals surface area (Å²) in [5.74, 6) is 0.877. The fraction of sp³-hybridized carbons (Fsp3) is 0.364. The van der Waals surface area contributed by atoms with Gasteiger partial charge in [0.05, 0.1) is 16.1 Å². The van der Waals surface area contributed by atoms with Gasteiger partial charge in [0, 0.05) is 6.20 Å². The topological polar surface area (TPSA) is 77.8 Å². The van der Waals surface area contributed by atoms with Crippen molar-refractivity contribution in [2.45, 2.75) is 19.9 Å². The van der Waals surface area contributed by atoms with Crippen LogP contribution in [0, 0.1) is 5.92 Å². The van der Waals surface area contributed by atoms with Gasteiger partial charge in [0.1, 0.15) is 5.69 Å². The van der Waals surface area contributed by atoms with Crippen molar-refractivity contribution in [3.63, 3.8) is 0 Å². The van der Waals surface area contributed by atoms with Gasteiger partial charge in [-0.3, -0.25) is 0 Å². The number of pyridine rings is 1. The second-order valence-corrected chi connectivity index (χ2v) is 5.05. The number of aromatic nitrogens is 3. The predicted octanol–water partition coefficient (Wildman–Crippen LogP) is 3.09. The number of hydrogen-bond acceptors (Lipinski definition) is 5. The van der Waals surface area contributed by atoms with E-state index in [1.54, 1.807) is 6.07 Å². The van der Waals surface area contributed by atoms with E-state index in [0.717, 1.165) is 0 Å². The minimum Gasteiger partial charge on any atom is -0.337 e. The van der Waals surface area contributed by atoms with Crippen molar-refractivity contribution in [1.29, 1.82) is 0 Å². The van der Waals surface area contributed by atoms with Gasteiger partial charge in [-0.15, -0.1) is 0 Å². The lowest BCUT2D eigenvalue weighted by atomic mass is 10.1. The third kappa shape index (κ3) is 2.63. The van der Waals surface area contributed by atoms with Crippen LogP contribution in [0.4, 0.5) is 0 Å². The molecule has 0 aliphatic rings. The van der Waals surface area contributed by atoms with Crippen molar-refractivity contribution < 1.29 is 4.52 Å². The van der Waals surface area contributed by atoms with Crippen LogP contribution in [0.15, 0.2) is 16.8 Å². The summed E-state index contributed by atoms with van der Waals surface area (Å²) in [6.45, 7) is 3.95. The van der Waals surface area contributed by atoms with Crippen LogP contribution in [-0.2, 0) is 0 Å². The lowest BCUT2D eigenvalue weighted by Crippen LogP contribution is -2.16. The van der Waals surface area contributed by atoms with E-state index in [1.807, 2.05) is 13.8 Å². The molecular weight excluding hydrogens is 275 g/mol. The molecule has 18 heavy (non-hydrogen) atoms. The number of hydrogen-bond donors (Lipinski definition) is 1. The standard InChI is InChI=1S/C11H12Cl2N4O/c1-5(2)8(14)11-16-10(17-18-11)9-7(13)3-6(12)4-15-9/h3-5,8H,14H2,1-2H3/t8-/m1/s1. The summed E-state index contributed by atoms with van der Waals surface area (Å²) < 4.78 is 5.11. The van der Waals surface area contributed by atoms with E-state index in [9.17, 15) is 0 Å². The normalized spacial score (nSPS) is 13.0. The Morgan fingerprint density at radius 1 is 1.33 bits per heavy atom. The van der Waals surface area contributed by atoms with Crippen molar-refractivity contribution in [2.24, 2.45) is 11.7 Å². The number of halogens is 2. The Hall–Kier alpha value is -1.17. The minimum atomic E-state index is -0.308. The molecule has 0 spiro atoms. The van der Waals surface area contributed by atoms with E-state index in [1.165, 1.54) is 6.20 Å². The predicted molar refractivity (Wildman–Crippen MR) is 69.3 cm³/mol. The smallest absolute Gasteiger partial charge is 0.244 e. The quantitative estimate of drug-likeness (QED) is 0.938. The third-order valence-corrected chi connectivity index (χ3v) is 2.96. The van der Waals surface area contributed by atoms with Gasteiger partial charge in [0.15, 0.2) is 0 Å². The summed E-state index contributed by atoms with van der Waals surface area (Å²) in [6, 6.07) is 1.27. The maximum absolute atomic E-state index is 6.02. The maximum atomic E-state index is 6.02. The Morgan fingerprint density at radius 2 is 2.06 bits per heavy atom. The van der Waals surface area contributed by atoms with Gasteiger partial charge in [0.25, 0.3) is 0 Å². The van der Waals surface area contributed by atoms with E-state index in [-0.39, 0.29) is 12.0 Å². The highest BCUT2D eigenvalue weighted by Gasteiger charge is 2.20. The molecule has 0 radical (unpaired) electrons. The van der Waals surface area contributed by atoms with Gasteiger partial charge in [-0.1, -0.05) is 42.2 Å². The summed E-state index contributed by atoms with van der Waals surface area (Å²) in [6.07, 6.45) is 1.47. The molecule has 0 aliphatic carbocycles. The molecule has 5 nitrogen and oxygen atoms in total. The third-order valence-electron chi connectivity index (χ3n) is 2.46. The van der Waals surface area contributed by atoms with E-state index >= 15 is 0 Å².